The zero-order valence-electron chi connectivity index (χ0n) is 16.3. The molecule has 3 aromatic rings. The molecule has 1 aromatic carbocycles. The lowest BCUT2D eigenvalue weighted by Gasteiger charge is -2.26. The van der Waals surface area contributed by atoms with Crippen LogP contribution in [0.3, 0.4) is 0 Å². The Hall–Kier alpha value is -2.11. The van der Waals surface area contributed by atoms with Crippen molar-refractivity contribution in [2.24, 2.45) is 0 Å². The molecule has 0 radical (unpaired) electrons. The van der Waals surface area contributed by atoms with E-state index in [1.165, 1.54) is 10.4 Å². The Morgan fingerprint density at radius 2 is 1.97 bits per heavy atom. The van der Waals surface area contributed by atoms with Crippen LogP contribution in [0, 0.1) is 6.92 Å². The molecule has 0 saturated carbocycles. The molecule has 7 nitrogen and oxygen atoms in total. The van der Waals surface area contributed by atoms with Gasteiger partial charge in [0.2, 0.25) is 10.0 Å². The van der Waals surface area contributed by atoms with E-state index in [1.54, 1.807) is 40.9 Å². The molecule has 0 unspecified atom stereocenters. The number of amides is 1. The first-order valence-electron chi connectivity index (χ1n) is 9.41. The van der Waals surface area contributed by atoms with Gasteiger partial charge in [-0.3, -0.25) is 4.79 Å². The predicted molar refractivity (Wildman–Crippen MR) is 117 cm³/mol. The lowest BCUT2D eigenvalue weighted by atomic mass is 10.2. The molecule has 2 aromatic heterocycles. The topological polar surface area (TPSA) is 88.6 Å². The molecule has 1 saturated heterocycles. The summed E-state index contributed by atoms with van der Waals surface area (Å²) >= 11 is 3.15. The molecule has 0 bridgehead atoms. The molecule has 0 atom stereocenters. The molecule has 0 aliphatic carbocycles. The summed E-state index contributed by atoms with van der Waals surface area (Å²) in [5, 5.41) is 5.86. The Balaban J connectivity index is 1.49. The van der Waals surface area contributed by atoms with Crippen LogP contribution in [-0.2, 0) is 21.3 Å². The first-order valence-corrected chi connectivity index (χ1v) is 12.5. The number of benzene rings is 1. The van der Waals surface area contributed by atoms with Gasteiger partial charge < -0.3 is 10.1 Å². The van der Waals surface area contributed by atoms with Crippen molar-refractivity contribution in [2.45, 2.75) is 18.4 Å². The molecule has 1 fully saturated rings. The molecule has 4 rings (SSSR count). The highest BCUT2D eigenvalue weighted by atomic mass is 32.2. The molecule has 1 N–H and O–H groups in total. The number of aryl methyl sites for hydroxylation is 1. The fourth-order valence-corrected chi connectivity index (χ4v) is 6.35. The van der Waals surface area contributed by atoms with Gasteiger partial charge in [0.15, 0.2) is 0 Å². The van der Waals surface area contributed by atoms with Gasteiger partial charge in [0.25, 0.3) is 5.91 Å². The van der Waals surface area contributed by atoms with Crippen LogP contribution in [0.5, 0.6) is 0 Å². The summed E-state index contributed by atoms with van der Waals surface area (Å²) in [5.41, 5.74) is 1.08. The minimum atomic E-state index is -3.76. The third-order valence-electron chi connectivity index (χ3n) is 4.68. The van der Waals surface area contributed by atoms with E-state index in [-0.39, 0.29) is 23.5 Å². The summed E-state index contributed by atoms with van der Waals surface area (Å²) in [6.07, 6.45) is 0. The molecule has 158 valence electrons. The lowest BCUT2D eigenvalue weighted by molar-refractivity contribution is 0.0730. The first-order chi connectivity index (χ1) is 14.4. The Labute approximate surface area is 183 Å². The van der Waals surface area contributed by atoms with E-state index in [0.717, 1.165) is 20.5 Å². The molecule has 3 heterocycles. The average molecular weight is 464 g/mol. The van der Waals surface area contributed by atoms with Gasteiger partial charge in [-0.15, -0.1) is 22.7 Å². The Morgan fingerprint density at radius 3 is 2.70 bits per heavy atom. The number of hydrogen-bond acceptors (Lipinski definition) is 7. The van der Waals surface area contributed by atoms with Gasteiger partial charge in [-0.05, 0) is 31.2 Å². The number of carbonyl (C=O) groups excluding carboxylic acids is 1. The third kappa shape index (κ3) is 4.47. The van der Waals surface area contributed by atoms with E-state index >= 15 is 0 Å². The normalized spacial score (nSPS) is 15.2. The molecule has 0 spiro atoms. The van der Waals surface area contributed by atoms with E-state index in [9.17, 15) is 13.2 Å². The highest BCUT2D eigenvalue weighted by Crippen LogP contribution is 2.29. The van der Waals surface area contributed by atoms with Gasteiger partial charge in [0.05, 0.1) is 45.8 Å². The monoisotopic (exact) mass is 463 g/mol. The largest absolute Gasteiger partial charge is 0.379 e. The van der Waals surface area contributed by atoms with Crippen molar-refractivity contribution in [2.75, 3.05) is 26.3 Å². The zero-order chi connectivity index (χ0) is 21.1. The van der Waals surface area contributed by atoms with E-state index < -0.39 is 15.9 Å². The minimum Gasteiger partial charge on any atom is -0.379 e. The summed E-state index contributed by atoms with van der Waals surface area (Å²) < 4.78 is 32.7. The van der Waals surface area contributed by atoms with Crippen molar-refractivity contribution in [1.29, 1.82) is 0 Å². The van der Waals surface area contributed by atoms with Crippen LogP contribution in [0.2, 0.25) is 0 Å². The van der Waals surface area contributed by atoms with Crippen molar-refractivity contribution in [1.82, 2.24) is 14.6 Å². The third-order valence-corrected chi connectivity index (χ3v) is 8.51. The SMILES string of the molecule is Cc1nc(-c2ccc(CNC(=O)c3ccccc3S(=O)(=O)N3CCOCC3)s2)cs1. The number of thiophene rings is 1. The average Bonchev–Trinajstić information content (AvgIpc) is 3.41. The number of sulfonamides is 1. The Morgan fingerprint density at radius 1 is 1.20 bits per heavy atom. The Kier molecular flexibility index (Phi) is 6.30. The second-order valence-electron chi connectivity index (χ2n) is 6.71. The number of carbonyl (C=O) groups is 1. The van der Waals surface area contributed by atoms with Crippen molar-refractivity contribution >= 4 is 38.6 Å². The van der Waals surface area contributed by atoms with Crippen molar-refractivity contribution in [3.63, 3.8) is 0 Å². The lowest BCUT2D eigenvalue weighted by Crippen LogP contribution is -2.41. The number of nitrogens with one attached hydrogen (secondary N) is 1. The first kappa shape index (κ1) is 21.1. The highest BCUT2D eigenvalue weighted by molar-refractivity contribution is 7.89. The summed E-state index contributed by atoms with van der Waals surface area (Å²) in [6, 6.07) is 10.3. The Bertz CT molecular complexity index is 1150. The van der Waals surface area contributed by atoms with Crippen LogP contribution < -0.4 is 5.32 Å². The van der Waals surface area contributed by atoms with E-state index in [1.807, 2.05) is 24.4 Å². The van der Waals surface area contributed by atoms with Gasteiger partial charge in [0, 0.05) is 23.3 Å². The maximum absolute atomic E-state index is 13.0. The van der Waals surface area contributed by atoms with E-state index in [2.05, 4.69) is 10.3 Å². The van der Waals surface area contributed by atoms with Crippen LogP contribution in [0.4, 0.5) is 0 Å². The van der Waals surface area contributed by atoms with Crippen LogP contribution in [0.25, 0.3) is 10.6 Å². The summed E-state index contributed by atoms with van der Waals surface area (Å²) in [7, 11) is -3.76. The quantitative estimate of drug-likeness (QED) is 0.607. The van der Waals surface area contributed by atoms with E-state index in [0.29, 0.717) is 19.8 Å². The predicted octanol–water partition coefficient (Wildman–Crippen LogP) is 3.13. The smallest absolute Gasteiger partial charge is 0.252 e. The van der Waals surface area contributed by atoms with Crippen LogP contribution in [0.1, 0.15) is 20.2 Å². The van der Waals surface area contributed by atoms with Crippen molar-refractivity contribution in [3.8, 4) is 10.6 Å². The second kappa shape index (κ2) is 8.94. The van der Waals surface area contributed by atoms with Crippen molar-refractivity contribution in [3.05, 3.63) is 57.2 Å². The van der Waals surface area contributed by atoms with Gasteiger partial charge in [0.1, 0.15) is 0 Å². The van der Waals surface area contributed by atoms with Crippen LogP contribution in [0.15, 0.2) is 46.7 Å². The standard InChI is InChI=1S/C20H21N3O4S3/c1-14-22-17(13-28-14)18-7-6-15(29-18)12-21-20(24)16-4-2-3-5-19(16)30(25,26)23-8-10-27-11-9-23/h2-7,13H,8-12H2,1H3,(H,21,24). The summed E-state index contributed by atoms with van der Waals surface area (Å²) in [5.74, 6) is -0.415. The van der Waals surface area contributed by atoms with Gasteiger partial charge in [-0.25, -0.2) is 13.4 Å². The van der Waals surface area contributed by atoms with E-state index in [4.69, 9.17) is 4.74 Å². The maximum atomic E-state index is 13.0. The number of thiazole rings is 1. The fourth-order valence-electron chi connectivity index (χ4n) is 3.16. The number of rotatable bonds is 6. The fraction of sp³-hybridized carbons (Fsp3) is 0.300. The van der Waals surface area contributed by atoms with Crippen LogP contribution >= 0.6 is 22.7 Å². The number of aromatic nitrogens is 1. The van der Waals surface area contributed by atoms with Gasteiger partial charge in [-0.1, -0.05) is 12.1 Å². The van der Waals surface area contributed by atoms with Crippen LogP contribution in [-0.4, -0.2) is 49.9 Å². The molecule has 1 aliphatic heterocycles. The number of morpholine rings is 1. The molecule has 1 aliphatic rings. The summed E-state index contributed by atoms with van der Waals surface area (Å²) in [4.78, 5) is 19.3. The van der Waals surface area contributed by atoms with Crippen molar-refractivity contribution < 1.29 is 17.9 Å². The maximum Gasteiger partial charge on any atom is 0.252 e. The minimum absolute atomic E-state index is 0.0224. The molecule has 10 heteroatoms. The van der Waals surface area contributed by atoms with Gasteiger partial charge in [-0.2, -0.15) is 4.31 Å². The molecule has 30 heavy (non-hydrogen) atoms. The zero-order valence-corrected chi connectivity index (χ0v) is 18.8. The number of ether oxygens (including phenoxy) is 1. The highest BCUT2D eigenvalue weighted by Gasteiger charge is 2.30. The molecule has 1 amide bonds. The molecular weight excluding hydrogens is 442 g/mol. The summed E-state index contributed by atoms with van der Waals surface area (Å²) in [6.45, 7) is 3.56. The molecular formula is C20H21N3O4S3. The second-order valence-corrected chi connectivity index (χ2v) is 10.8. The number of hydrogen-bond donors (Lipinski definition) is 1. The van der Waals surface area contributed by atoms with Gasteiger partial charge >= 0.3 is 0 Å². The number of nitrogens with zero attached hydrogens (tertiary/aromatic N) is 2.